The summed E-state index contributed by atoms with van der Waals surface area (Å²) in [5.41, 5.74) is 3.08. The van der Waals surface area contributed by atoms with Crippen molar-refractivity contribution in [2.45, 2.75) is 117 Å². The van der Waals surface area contributed by atoms with E-state index in [-0.39, 0.29) is 29.1 Å². The van der Waals surface area contributed by atoms with Crippen LogP contribution in [0.1, 0.15) is 80.6 Å². The van der Waals surface area contributed by atoms with Crippen LogP contribution in [0.3, 0.4) is 0 Å². The first-order valence-corrected chi connectivity index (χ1v) is 14.1. The lowest BCUT2D eigenvalue weighted by molar-refractivity contribution is -0.145. The third-order valence-electron chi connectivity index (χ3n) is 5.66. The van der Waals surface area contributed by atoms with Gasteiger partial charge in [-0.2, -0.15) is 0 Å². The highest BCUT2D eigenvalue weighted by molar-refractivity contribution is 6.74. The zero-order valence-electron chi connectivity index (χ0n) is 20.6. The molecular weight excluding hydrogens is 396 g/mol. The Kier molecular flexibility index (Phi) is 13.2. The molecule has 0 rings (SSSR count). The second-order valence-electron chi connectivity index (χ2n) is 9.81. The van der Waals surface area contributed by atoms with Crippen LogP contribution in [0.15, 0.2) is 17.9 Å². The normalized spacial score (nSPS) is 15.0. The monoisotopic (exact) mass is 440 g/mol. The van der Waals surface area contributed by atoms with Crippen molar-refractivity contribution in [3.8, 4) is 0 Å². The number of hydrogen-bond donors (Lipinski definition) is 0. The zero-order valence-corrected chi connectivity index (χ0v) is 21.6. The molecule has 0 unspecified atom stereocenters. The highest BCUT2D eigenvalue weighted by atomic mass is 28.4. The van der Waals surface area contributed by atoms with E-state index in [0.29, 0.717) is 12.9 Å². The minimum absolute atomic E-state index is 0.0279. The Bertz CT molecular complexity index is 571. The summed E-state index contributed by atoms with van der Waals surface area (Å²) in [7, 11) is -1.96. The van der Waals surface area contributed by atoms with Gasteiger partial charge in [0.1, 0.15) is 12.2 Å². The van der Waals surface area contributed by atoms with Crippen molar-refractivity contribution in [3.05, 3.63) is 17.9 Å². The summed E-state index contributed by atoms with van der Waals surface area (Å²) in [6, 6.07) is 0. The molecule has 0 aromatic carbocycles. The van der Waals surface area contributed by atoms with Gasteiger partial charge >= 0.3 is 5.97 Å². The van der Waals surface area contributed by atoms with E-state index in [9.17, 15) is 9.59 Å². The molecule has 0 aliphatic carbocycles. The van der Waals surface area contributed by atoms with E-state index in [2.05, 4.69) is 60.4 Å². The summed E-state index contributed by atoms with van der Waals surface area (Å²) < 4.78 is 17.3. The average Bonchev–Trinajstić information content (AvgIpc) is 2.59. The molecule has 0 N–H and O–H groups in total. The lowest BCUT2D eigenvalue weighted by Gasteiger charge is -2.41. The van der Waals surface area contributed by atoms with E-state index < -0.39 is 14.4 Å². The molecule has 0 amide bonds. The molecular formula is C24H44O5Si. The SMILES string of the molecule is CCCCC[C@H](C=C=C[C@H](C[C@@H](O[Si](C)(C)C(C)(C)C)C(C)C)OC(C)=O)OC=O. The van der Waals surface area contributed by atoms with Crippen LogP contribution in [-0.4, -0.2) is 39.1 Å². The second-order valence-corrected chi connectivity index (χ2v) is 14.6. The van der Waals surface area contributed by atoms with Crippen LogP contribution in [0.25, 0.3) is 0 Å². The lowest BCUT2D eigenvalue weighted by Crippen LogP contribution is -2.46. The van der Waals surface area contributed by atoms with Crippen LogP contribution >= 0.6 is 0 Å². The van der Waals surface area contributed by atoms with Crippen LogP contribution < -0.4 is 0 Å². The Labute approximate surface area is 185 Å². The van der Waals surface area contributed by atoms with Crippen molar-refractivity contribution in [1.82, 2.24) is 0 Å². The van der Waals surface area contributed by atoms with Crippen molar-refractivity contribution in [2.24, 2.45) is 5.92 Å². The fourth-order valence-electron chi connectivity index (χ4n) is 2.73. The molecule has 3 atom stereocenters. The highest BCUT2D eigenvalue weighted by Crippen LogP contribution is 2.38. The summed E-state index contributed by atoms with van der Waals surface area (Å²) >= 11 is 0. The molecule has 0 aromatic rings. The maximum Gasteiger partial charge on any atom is 0.303 e. The fourth-order valence-corrected chi connectivity index (χ4v) is 4.21. The Balaban J connectivity index is 5.41. The molecule has 0 aromatic heterocycles. The molecule has 5 nitrogen and oxygen atoms in total. The molecule has 30 heavy (non-hydrogen) atoms. The largest absolute Gasteiger partial charge is 0.460 e. The van der Waals surface area contributed by atoms with E-state index >= 15 is 0 Å². The van der Waals surface area contributed by atoms with E-state index in [1.807, 2.05) is 0 Å². The van der Waals surface area contributed by atoms with Gasteiger partial charge in [-0.25, -0.2) is 0 Å². The molecule has 0 aliphatic heterocycles. The van der Waals surface area contributed by atoms with Gasteiger partial charge in [-0.3, -0.25) is 9.59 Å². The van der Waals surface area contributed by atoms with E-state index in [0.717, 1.165) is 25.7 Å². The van der Waals surface area contributed by atoms with Crippen LogP contribution in [0, 0.1) is 5.92 Å². The van der Waals surface area contributed by atoms with Gasteiger partial charge in [0, 0.05) is 13.3 Å². The van der Waals surface area contributed by atoms with E-state index in [1.54, 1.807) is 12.2 Å². The summed E-state index contributed by atoms with van der Waals surface area (Å²) in [4.78, 5) is 22.4. The molecule has 0 aliphatic rings. The van der Waals surface area contributed by atoms with Crippen LogP contribution in [-0.2, 0) is 23.5 Å². The lowest BCUT2D eigenvalue weighted by atomic mass is 10.0. The number of carbonyl (C=O) groups excluding carboxylic acids is 2. The molecule has 0 spiro atoms. The topological polar surface area (TPSA) is 61.8 Å². The summed E-state index contributed by atoms with van der Waals surface area (Å²) in [6.07, 6.45) is 7.20. The van der Waals surface area contributed by atoms with Crippen molar-refractivity contribution in [1.29, 1.82) is 0 Å². The third kappa shape index (κ3) is 11.7. The first-order valence-electron chi connectivity index (χ1n) is 11.2. The van der Waals surface area contributed by atoms with Gasteiger partial charge in [0.2, 0.25) is 0 Å². The molecule has 6 heteroatoms. The number of unbranched alkanes of at least 4 members (excludes halogenated alkanes) is 2. The fraction of sp³-hybridized carbons (Fsp3) is 0.792. The van der Waals surface area contributed by atoms with Crippen molar-refractivity contribution >= 4 is 20.8 Å². The average molecular weight is 441 g/mol. The van der Waals surface area contributed by atoms with Gasteiger partial charge in [0.05, 0.1) is 6.10 Å². The number of ether oxygens (including phenoxy) is 2. The first-order chi connectivity index (χ1) is 13.8. The van der Waals surface area contributed by atoms with E-state index in [4.69, 9.17) is 13.9 Å². The van der Waals surface area contributed by atoms with Crippen molar-refractivity contribution in [3.63, 3.8) is 0 Å². The molecule has 0 bridgehead atoms. The number of rotatable bonds is 14. The molecule has 0 radical (unpaired) electrons. The van der Waals surface area contributed by atoms with Gasteiger partial charge in [-0.05, 0) is 49.0 Å². The quantitative estimate of drug-likeness (QED) is 0.106. The van der Waals surface area contributed by atoms with Gasteiger partial charge in [0.15, 0.2) is 8.32 Å². The first kappa shape index (κ1) is 28.6. The zero-order chi connectivity index (χ0) is 23.4. The molecule has 0 saturated carbocycles. The minimum atomic E-state index is -1.96. The maximum absolute atomic E-state index is 11.6. The number of hydrogen-bond acceptors (Lipinski definition) is 5. The van der Waals surface area contributed by atoms with Crippen molar-refractivity contribution in [2.75, 3.05) is 0 Å². The standard InChI is InChI=1S/C24H44O5Si/c1-10-11-12-14-21(27-18-25)15-13-16-22(28-20(4)26)17-23(19(2)3)29-30(8,9)24(5,6)7/h15-16,18-19,21-23H,10-12,14,17H2,1-9H3/t13?,21-,22-,23-/m1/s1. The van der Waals surface area contributed by atoms with Gasteiger partial charge in [-0.1, -0.05) is 54.4 Å². The third-order valence-corrected chi connectivity index (χ3v) is 10.2. The maximum atomic E-state index is 11.6. The van der Waals surface area contributed by atoms with Crippen LogP contribution in [0.5, 0.6) is 0 Å². The van der Waals surface area contributed by atoms with Gasteiger partial charge in [-0.15, -0.1) is 5.73 Å². The molecule has 0 heterocycles. The number of carbonyl (C=O) groups is 2. The summed E-state index contributed by atoms with van der Waals surface area (Å²) in [5.74, 6) is -0.0497. The predicted molar refractivity (Wildman–Crippen MR) is 125 cm³/mol. The van der Waals surface area contributed by atoms with Crippen LogP contribution in [0.4, 0.5) is 0 Å². The Morgan fingerprint density at radius 2 is 1.70 bits per heavy atom. The molecule has 0 fully saturated rings. The number of esters is 1. The molecule has 174 valence electrons. The van der Waals surface area contributed by atoms with Crippen molar-refractivity contribution < 1.29 is 23.5 Å². The Morgan fingerprint density at radius 3 is 2.17 bits per heavy atom. The van der Waals surface area contributed by atoms with Gasteiger partial charge < -0.3 is 13.9 Å². The smallest absolute Gasteiger partial charge is 0.303 e. The summed E-state index contributed by atoms with van der Waals surface area (Å²) in [5, 5.41) is 0.102. The second kappa shape index (κ2) is 13.8. The Morgan fingerprint density at radius 1 is 1.10 bits per heavy atom. The van der Waals surface area contributed by atoms with Crippen LogP contribution in [0.2, 0.25) is 18.1 Å². The van der Waals surface area contributed by atoms with E-state index in [1.165, 1.54) is 6.92 Å². The minimum Gasteiger partial charge on any atom is -0.460 e. The highest BCUT2D eigenvalue weighted by Gasteiger charge is 2.40. The van der Waals surface area contributed by atoms with Gasteiger partial charge in [0.25, 0.3) is 6.47 Å². The predicted octanol–water partition coefficient (Wildman–Crippen LogP) is 6.19. The summed E-state index contributed by atoms with van der Waals surface area (Å²) in [6.45, 7) is 19.4. The Hall–Kier alpha value is -1.36. The molecule has 0 saturated heterocycles.